The average molecular weight is 465 g/mol. The zero-order valence-electron chi connectivity index (χ0n) is 19.3. The largest absolute Gasteiger partial charge is 0.508 e. The minimum absolute atomic E-state index is 0.241. The zero-order chi connectivity index (χ0) is 23.5. The Kier molecular flexibility index (Phi) is 9.70. The molecular formula is C28H32O4S. The number of hydrogen-bond acceptors (Lipinski definition) is 5. The van der Waals surface area contributed by atoms with E-state index >= 15 is 0 Å². The quantitative estimate of drug-likeness (QED) is 0.254. The molecule has 0 saturated heterocycles. The Bertz CT molecular complexity index is 999. The van der Waals surface area contributed by atoms with E-state index < -0.39 is 0 Å². The fourth-order valence-corrected chi connectivity index (χ4v) is 4.30. The summed E-state index contributed by atoms with van der Waals surface area (Å²) in [4.78, 5) is 12.4. The molecule has 3 aromatic rings. The van der Waals surface area contributed by atoms with Crippen LogP contribution in [0.1, 0.15) is 37.0 Å². The van der Waals surface area contributed by atoms with Crippen LogP contribution in [0.25, 0.3) is 0 Å². The second-order valence-corrected chi connectivity index (χ2v) is 9.40. The van der Waals surface area contributed by atoms with Gasteiger partial charge in [-0.2, -0.15) is 0 Å². The van der Waals surface area contributed by atoms with Crippen molar-refractivity contribution < 1.29 is 19.4 Å². The maximum Gasteiger partial charge on any atom is 0.324 e. The van der Waals surface area contributed by atoms with E-state index in [1.54, 1.807) is 23.9 Å². The third kappa shape index (κ3) is 8.17. The molecule has 4 nitrogen and oxygen atoms in total. The number of carbonyl (C=O) groups excluding carboxylic acids is 1. The molecule has 3 rings (SSSR count). The Hall–Kier alpha value is -2.92. The van der Waals surface area contributed by atoms with E-state index in [1.807, 2.05) is 61.5 Å². The lowest BCUT2D eigenvalue weighted by Crippen LogP contribution is -2.20. The summed E-state index contributed by atoms with van der Waals surface area (Å²) in [5.74, 6) is 2.35. The number of thioether (sulfide) groups is 1. The third-order valence-corrected chi connectivity index (χ3v) is 6.44. The van der Waals surface area contributed by atoms with Crippen LogP contribution in [-0.4, -0.2) is 28.7 Å². The summed E-state index contributed by atoms with van der Waals surface area (Å²) >= 11 is 1.57. The maximum absolute atomic E-state index is 12.4. The Morgan fingerprint density at radius 3 is 2.30 bits per heavy atom. The molecule has 174 valence electrons. The lowest BCUT2D eigenvalue weighted by Gasteiger charge is -2.12. The molecule has 0 aliphatic carbocycles. The molecule has 33 heavy (non-hydrogen) atoms. The van der Waals surface area contributed by atoms with Gasteiger partial charge in [-0.25, -0.2) is 0 Å². The molecule has 1 unspecified atom stereocenters. The van der Waals surface area contributed by atoms with Gasteiger partial charge in [0, 0.05) is 6.42 Å². The first-order chi connectivity index (χ1) is 16.0. The van der Waals surface area contributed by atoms with E-state index in [2.05, 4.69) is 13.0 Å². The van der Waals surface area contributed by atoms with E-state index in [0.29, 0.717) is 12.4 Å². The Morgan fingerprint density at radius 2 is 1.58 bits per heavy atom. The van der Waals surface area contributed by atoms with Crippen LogP contribution in [0.2, 0.25) is 0 Å². The number of aromatic hydroxyl groups is 1. The summed E-state index contributed by atoms with van der Waals surface area (Å²) in [6, 6.07) is 23.0. The molecule has 1 N–H and O–H groups in total. The summed E-state index contributed by atoms with van der Waals surface area (Å²) in [6.07, 6.45) is 3.74. The number of ether oxygens (including phenoxy) is 2. The molecule has 0 aliphatic rings. The number of aryl methyl sites for hydroxylation is 2. The van der Waals surface area contributed by atoms with Crippen LogP contribution in [0, 0.1) is 0 Å². The number of esters is 1. The molecule has 3 aromatic carbocycles. The van der Waals surface area contributed by atoms with Gasteiger partial charge in [0.05, 0.1) is 6.61 Å². The van der Waals surface area contributed by atoms with E-state index in [-0.39, 0.29) is 17.0 Å². The summed E-state index contributed by atoms with van der Waals surface area (Å²) in [6.45, 7) is 4.64. The average Bonchev–Trinajstić information content (AvgIpc) is 2.82. The van der Waals surface area contributed by atoms with Gasteiger partial charge in [0.15, 0.2) is 0 Å². The normalized spacial score (nSPS) is 11.7. The summed E-state index contributed by atoms with van der Waals surface area (Å²) < 4.78 is 11.5. The lowest BCUT2D eigenvalue weighted by molar-refractivity contribution is -0.133. The minimum Gasteiger partial charge on any atom is -0.508 e. The summed E-state index contributed by atoms with van der Waals surface area (Å²) in [5.41, 5.74) is 3.52. The van der Waals surface area contributed by atoms with Crippen LogP contribution in [0.5, 0.6) is 17.2 Å². The van der Waals surface area contributed by atoms with Gasteiger partial charge in [0.1, 0.15) is 22.5 Å². The van der Waals surface area contributed by atoms with Crippen LogP contribution < -0.4 is 9.47 Å². The van der Waals surface area contributed by atoms with Crippen LogP contribution >= 0.6 is 11.8 Å². The molecule has 0 saturated carbocycles. The molecule has 0 heterocycles. The van der Waals surface area contributed by atoms with Crippen molar-refractivity contribution in [3.8, 4) is 17.2 Å². The van der Waals surface area contributed by atoms with Gasteiger partial charge in [0.25, 0.3) is 0 Å². The topological polar surface area (TPSA) is 55.8 Å². The molecule has 5 heteroatoms. The predicted molar refractivity (Wildman–Crippen MR) is 135 cm³/mol. The monoisotopic (exact) mass is 464 g/mol. The van der Waals surface area contributed by atoms with E-state index in [4.69, 9.17) is 9.47 Å². The third-order valence-electron chi connectivity index (χ3n) is 5.31. The number of para-hydroxylation sites is 1. The first-order valence-electron chi connectivity index (χ1n) is 11.5. The maximum atomic E-state index is 12.4. The van der Waals surface area contributed by atoms with Crippen LogP contribution in [0.15, 0.2) is 72.8 Å². The van der Waals surface area contributed by atoms with Crippen molar-refractivity contribution in [1.82, 2.24) is 0 Å². The van der Waals surface area contributed by atoms with Crippen LogP contribution in [-0.2, 0) is 24.1 Å². The van der Waals surface area contributed by atoms with E-state index in [0.717, 1.165) is 48.3 Å². The molecule has 0 aromatic heterocycles. The first-order valence-corrected chi connectivity index (χ1v) is 12.5. The molecular weight excluding hydrogens is 432 g/mol. The summed E-state index contributed by atoms with van der Waals surface area (Å²) in [7, 11) is 0. The smallest absolute Gasteiger partial charge is 0.324 e. The minimum atomic E-state index is -0.251. The van der Waals surface area contributed by atoms with Gasteiger partial charge in [-0.05, 0) is 72.5 Å². The number of hydrogen-bond donors (Lipinski definition) is 1. The van der Waals surface area contributed by atoms with Crippen molar-refractivity contribution >= 4 is 17.7 Å². The van der Waals surface area contributed by atoms with Gasteiger partial charge in [-0.15, -0.1) is 11.8 Å². The molecule has 0 fully saturated rings. The SMILES string of the molecule is CCCc1ccccc1OCCc1ccc(OC(=O)C(C)SCCc2ccc(O)cc2)cc1. The molecule has 0 spiro atoms. The van der Waals surface area contributed by atoms with Gasteiger partial charge in [-0.3, -0.25) is 4.79 Å². The van der Waals surface area contributed by atoms with Crippen molar-refractivity contribution in [1.29, 1.82) is 0 Å². The molecule has 1 atom stereocenters. The molecule has 0 aliphatic heterocycles. The molecule has 0 radical (unpaired) electrons. The first kappa shape index (κ1) is 24.7. The highest BCUT2D eigenvalue weighted by Crippen LogP contribution is 2.21. The Balaban J connectivity index is 1.40. The van der Waals surface area contributed by atoms with E-state index in [1.165, 1.54) is 5.56 Å². The van der Waals surface area contributed by atoms with Crippen molar-refractivity contribution in [3.05, 3.63) is 89.5 Å². The highest BCUT2D eigenvalue weighted by molar-refractivity contribution is 8.00. The predicted octanol–water partition coefficient (Wildman–Crippen LogP) is 6.24. The van der Waals surface area contributed by atoms with Crippen molar-refractivity contribution in [2.24, 2.45) is 0 Å². The van der Waals surface area contributed by atoms with Gasteiger partial charge in [0.2, 0.25) is 0 Å². The van der Waals surface area contributed by atoms with Crippen molar-refractivity contribution in [2.75, 3.05) is 12.4 Å². The lowest BCUT2D eigenvalue weighted by atomic mass is 10.1. The molecule has 0 amide bonds. The Labute approximate surface area is 201 Å². The second-order valence-electron chi connectivity index (χ2n) is 7.95. The Morgan fingerprint density at radius 1 is 0.909 bits per heavy atom. The van der Waals surface area contributed by atoms with Gasteiger partial charge in [-0.1, -0.05) is 55.8 Å². The summed E-state index contributed by atoms with van der Waals surface area (Å²) in [5, 5.41) is 9.09. The van der Waals surface area contributed by atoms with Crippen LogP contribution in [0.3, 0.4) is 0 Å². The number of rotatable bonds is 12. The second kappa shape index (κ2) is 12.9. The number of phenols is 1. The highest BCUT2D eigenvalue weighted by Gasteiger charge is 2.16. The van der Waals surface area contributed by atoms with Crippen molar-refractivity contribution in [3.63, 3.8) is 0 Å². The zero-order valence-corrected chi connectivity index (χ0v) is 20.1. The fourth-order valence-electron chi connectivity index (χ4n) is 3.41. The standard InChI is InChI=1S/C28H32O4S/c1-3-6-24-7-4-5-8-27(24)31-19-17-22-11-15-26(16-12-22)32-28(30)21(2)33-20-18-23-9-13-25(29)14-10-23/h4-5,7-16,21,29H,3,6,17-20H2,1-2H3. The number of benzene rings is 3. The van der Waals surface area contributed by atoms with Gasteiger partial charge >= 0.3 is 5.97 Å². The van der Waals surface area contributed by atoms with E-state index in [9.17, 15) is 9.90 Å². The number of phenolic OH excluding ortho intramolecular Hbond substituents is 1. The van der Waals surface area contributed by atoms with Gasteiger partial charge < -0.3 is 14.6 Å². The van der Waals surface area contributed by atoms with Crippen molar-refractivity contribution in [2.45, 2.75) is 44.8 Å². The fraction of sp³-hybridized carbons (Fsp3) is 0.321. The number of carbonyl (C=O) groups is 1. The highest BCUT2D eigenvalue weighted by atomic mass is 32.2. The van der Waals surface area contributed by atoms with Crippen LogP contribution in [0.4, 0.5) is 0 Å². The molecule has 0 bridgehead atoms.